The maximum absolute atomic E-state index is 12.4. The average molecular weight is 426 g/mol. The molecule has 0 radical (unpaired) electrons. The molecule has 0 saturated carbocycles. The van der Waals surface area contributed by atoms with Crippen LogP contribution in [0.3, 0.4) is 0 Å². The number of hydrogen-bond acceptors (Lipinski definition) is 4. The molecule has 4 rings (SSSR count). The highest BCUT2D eigenvalue weighted by Gasteiger charge is 2.30. The quantitative estimate of drug-likeness (QED) is 0.572. The maximum atomic E-state index is 12.4. The molecular formula is C22H20ClN3O2S. The van der Waals surface area contributed by atoms with Crippen LogP contribution in [0.2, 0.25) is 5.02 Å². The lowest BCUT2D eigenvalue weighted by molar-refractivity contribution is -0.113. The van der Waals surface area contributed by atoms with Crippen molar-refractivity contribution in [2.45, 2.75) is 12.2 Å². The number of para-hydroxylation sites is 1. The third-order valence-corrected chi connectivity index (χ3v) is 6.23. The Morgan fingerprint density at radius 1 is 1.31 bits per heavy atom. The van der Waals surface area contributed by atoms with Crippen molar-refractivity contribution in [2.75, 3.05) is 17.7 Å². The van der Waals surface area contributed by atoms with Crippen molar-refractivity contribution in [3.05, 3.63) is 83.0 Å². The molecule has 0 saturated heterocycles. The van der Waals surface area contributed by atoms with E-state index < -0.39 is 0 Å². The van der Waals surface area contributed by atoms with Gasteiger partial charge in [0.25, 0.3) is 0 Å². The summed E-state index contributed by atoms with van der Waals surface area (Å²) in [5.74, 6) is 1.75. The molecule has 0 fully saturated rings. The van der Waals surface area contributed by atoms with Crippen LogP contribution in [0.25, 0.3) is 5.69 Å². The molecule has 29 heavy (non-hydrogen) atoms. The second-order valence-corrected chi connectivity index (χ2v) is 8.12. The van der Waals surface area contributed by atoms with Crippen molar-refractivity contribution in [3.8, 4) is 11.4 Å². The molecule has 0 bridgehead atoms. The van der Waals surface area contributed by atoms with Crippen molar-refractivity contribution in [3.63, 3.8) is 0 Å². The number of carbonyl (C=O) groups is 1. The highest BCUT2D eigenvalue weighted by molar-refractivity contribution is 8.00. The molecule has 0 spiro atoms. The number of nitrogens with zero attached hydrogens (tertiary/aromatic N) is 2. The summed E-state index contributed by atoms with van der Waals surface area (Å²) in [6.07, 6.45) is 1.71. The van der Waals surface area contributed by atoms with Gasteiger partial charge in [0.15, 0.2) is 0 Å². The number of amides is 1. The van der Waals surface area contributed by atoms with E-state index >= 15 is 0 Å². The number of ether oxygens (including phenoxy) is 1. The highest BCUT2D eigenvalue weighted by Crippen LogP contribution is 2.44. The first-order valence-electron chi connectivity index (χ1n) is 9.18. The third-order valence-electron chi connectivity index (χ3n) is 4.64. The zero-order valence-electron chi connectivity index (χ0n) is 15.9. The van der Waals surface area contributed by atoms with Gasteiger partial charge in [-0.1, -0.05) is 48.5 Å². The number of aromatic nitrogens is 2. The average Bonchev–Trinajstić information content (AvgIpc) is 2.92. The summed E-state index contributed by atoms with van der Waals surface area (Å²) in [6.45, 7) is 6.09. The summed E-state index contributed by atoms with van der Waals surface area (Å²) >= 11 is 7.98. The monoisotopic (exact) mass is 425 g/mol. The second-order valence-electron chi connectivity index (χ2n) is 6.62. The van der Waals surface area contributed by atoms with Gasteiger partial charge in [-0.2, -0.15) is 5.10 Å². The predicted molar refractivity (Wildman–Crippen MR) is 118 cm³/mol. The summed E-state index contributed by atoms with van der Waals surface area (Å²) < 4.78 is 7.31. The minimum atomic E-state index is -0.0575. The fourth-order valence-electron chi connectivity index (χ4n) is 3.34. The fraction of sp³-hybridized carbons (Fsp3) is 0.182. The largest absolute Gasteiger partial charge is 0.490 e. The summed E-state index contributed by atoms with van der Waals surface area (Å²) in [5, 5.41) is 8.26. The molecule has 0 aliphatic carbocycles. The lowest BCUT2D eigenvalue weighted by Crippen LogP contribution is -2.16. The van der Waals surface area contributed by atoms with E-state index in [2.05, 4.69) is 11.9 Å². The zero-order chi connectivity index (χ0) is 20.4. The Balaban J connectivity index is 1.79. The molecule has 1 N–H and O–H groups in total. The summed E-state index contributed by atoms with van der Waals surface area (Å²) in [5.41, 5.74) is 3.66. The van der Waals surface area contributed by atoms with Crippen LogP contribution in [0, 0.1) is 6.92 Å². The van der Waals surface area contributed by atoms with E-state index in [0.29, 0.717) is 23.2 Å². The van der Waals surface area contributed by atoms with Crippen molar-refractivity contribution < 1.29 is 9.53 Å². The minimum absolute atomic E-state index is 0.0337. The van der Waals surface area contributed by atoms with E-state index in [4.69, 9.17) is 21.4 Å². The topological polar surface area (TPSA) is 56.1 Å². The summed E-state index contributed by atoms with van der Waals surface area (Å²) in [4.78, 5) is 12.4. The molecule has 1 aliphatic heterocycles. The smallest absolute Gasteiger partial charge is 0.235 e. The van der Waals surface area contributed by atoms with E-state index in [-0.39, 0.29) is 11.2 Å². The Labute approximate surface area is 178 Å². The van der Waals surface area contributed by atoms with Crippen LogP contribution in [0.4, 0.5) is 5.82 Å². The number of nitrogens with one attached hydrogen (secondary N) is 1. The molecule has 1 atom stereocenters. The van der Waals surface area contributed by atoms with Gasteiger partial charge in [-0.05, 0) is 36.8 Å². The van der Waals surface area contributed by atoms with Crippen LogP contribution in [0.15, 0.2) is 61.2 Å². The molecular weight excluding hydrogens is 406 g/mol. The molecule has 3 aromatic rings. The lowest BCUT2D eigenvalue weighted by Gasteiger charge is -2.16. The SMILES string of the molecule is C=CCOc1ccc(C2SCC(=O)Nc3c2c(C)nn3-c2ccccc2Cl)cc1. The molecule has 1 unspecified atom stereocenters. The van der Waals surface area contributed by atoms with Gasteiger partial charge in [0.2, 0.25) is 5.91 Å². The zero-order valence-corrected chi connectivity index (χ0v) is 17.5. The first-order chi connectivity index (χ1) is 14.1. The number of fused-ring (bicyclic) bond motifs is 1. The maximum Gasteiger partial charge on any atom is 0.235 e. The lowest BCUT2D eigenvalue weighted by atomic mass is 10.0. The van der Waals surface area contributed by atoms with Crippen LogP contribution in [-0.4, -0.2) is 28.0 Å². The number of hydrogen-bond donors (Lipinski definition) is 1. The van der Waals surface area contributed by atoms with Crippen LogP contribution in [0.5, 0.6) is 5.75 Å². The molecule has 1 amide bonds. The Hall–Kier alpha value is -2.70. The van der Waals surface area contributed by atoms with Crippen LogP contribution in [-0.2, 0) is 4.79 Å². The van der Waals surface area contributed by atoms with Crippen LogP contribution >= 0.6 is 23.4 Å². The van der Waals surface area contributed by atoms with Crippen molar-refractivity contribution in [1.82, 2.24) is 9.78 Å². The summed E-state index contributed by atoms with van der Waals surface area (Å²) in [6, 6.07) is 15.4. The molecule has 7 heteroatoms. The molecule has 1 aromatic heterocycles. The molecule has 5 nitrogen and oxygen atoms in total. The Morgan fingerprint density at radius 2 is 2.07 bits per heavy atom. The van der Waals surface area contributed by atoms with E-state index in [9.17, 15) is 4.79 Å². The number of thioether (sulfide) groups is 1. The fourth-order valence-corrected chi connectivity index (χ4v) is 4.74. The van der Waals surface area contributed by atoms with Crippen molar-refractivity contribution >= 4 is 35.1 Å². The highest BCUT2D eigenvalue weighted by atomic mass is 35.5. The first-order valence-corrected chi connectivity index (χ1v) is 10.6. The van der Waals surface area contributed by atoms with E-state index in [1.807, 2.05) is 55.5 Å². The number of aryl methyl sites for hydroxylation is 1. The Bertz CT molecular complexity index is 1060. The number of carbonyl (C=O) groups excluding carboxylic acids is 1. The Morgan fingerprint density at radius 3 is 2.79 bits per heavy atom. The van der Waals surface area contributed by atoms with E-state index in [1.165, 1.54) is 0 Å². The van der Waals surface area contributed by atoms with Gasteiger partial charge < -0.3 is 10.1 Å². The van der Waals surface area contributed by atoms with Gasteiger partial charge in [-0.15, -0.1) is 11.8 Å². The van der Waals surface area contributed by atoms with Crippen molar-refractivity contribution in [1.29, 1.82) is 0 Å². The standard InChI is InChI=1S/C22H20ClN3O2S/c1-3-12-28-16-10-8-15(9-11-16)21-20-14(2)25-26(18-7-5-4-6-17(18)23)22(20)24-19(27)13-29-21/h3-11,21H,1,12-13H2,2H3,(H,24,27). The van der Waals surface area contributed by atoms with Gasteiger partial charge in [0.1, 0.15) is 18.2 Å². The molecule has 1 aliphatic rings. The van der Waals surface area contributed by atoms with Crippen molar-refractivity contribution in [2.24, 2.45) is 0 Å². The normalized spacial score (nSPS) is 15.9. The van der Waals surface area contributed by atoms with Gasteiger partial charge >= 0.3 is 0 Å². The van der Waals surface area contributed by atoms with Crippen LogP contribution < -0.4 is 10.1 Å². The van der Waals surface area contributed by atoms with E-state index in [1.54, 1.807) is 22.5 Å². The first kappa shape index (κ1) is 19.6. The van der Waals surface area contributed by atoms with Gasteiger partial charge in [-0.3, -0.25) is 4.79 Å². The van der Waals surface area contributed by atoms with Crippen LogP contribution in [0.1, 0.15) is 22.1 Å². The van der Waals surface area contributed by atoms with E-state index in [0.717, 1.165) is 28.3 Å². The third kappa shape index (κ3) is 3.91. The number of rotatable bonds is 5. The molecule has 2 heterocycles. The van der Waals surface area contributed by atoms with Gasteiger partial charge in [0.05, 0.1) is 27.4 Å². The minimum Gasteiger partial charge on any atom is -0.490 e. The van der Waals surface area contributed by atoms with Gasteiger partial charge in [0, 0.05) is 5.56 Å². The number of benzene rings is 2. The Kier molecular flexibility index (Phi) is 5.65. The second kappa shape index (κ2) is 8.35. The van der Waals surface area contributed by atoms with Gasteiger partial charge in [-0.25, -0.2) is 4.68 Å². The number of anilines is 1. The predicted octanol–water partition coefficient (Wildman–Crippen LogP) is 5.17. The molecule has 148 valence electrons. The molecule has 2 aromatic carbocycles. The number of halogens is 1. The summed E-state index contributed by atoms with van der Waals surface area (Å²) in [7, 11) is 0.